The number of halogens is 1. The topological polar surface area (TPSA) is 96.0 Å². The number of benzene rings is 3. The number of carbonyl (C=O) groups is 2. The summed E-state index contributed by atoms with van der Waals surface area (Å²) in [6.07, 6.45) is 6.05. The summed E-state index contributed by atoms with van der Waals surface area (Å²) in [5, 5.41) is 3.61. The van der Waals surface area contributed by atoms with Gasteiger partial charge >= 0.3 is 0 Å². The molecule has 0 bridgehead atoms. The maximum Gasteiger partial charge on any atom is 0.264 e. The van der Waals surface area contributed by atoms with Crippen molar-refractivity contribution in [2.45, 2.75) is 68.8 Å². The van der Waals surface area contributed by atoms with Gasteiger partial charge in [0.05, 0.1) is 17.7 Å². The van der Waals surface area contributed by atoms with Gasteiger partial charge in [-0.2, -0.15) is 0 Å². The second-order valence-electron chi connectivity index (χ2n) is 10.8. The Bertz CT molecular complexity index is 1440. The van der Waals surface area contributed by atoms with Gasteiger partial charge in [-0.05, 0) is 79.8 Å². The zero-order valence-corrected chi connectivity index (χ0v) is 26.3. The Balaban J connectivity index is 1.66. The van der Waals surface area contributed by atoms with Gasteiger partial charge in [0.15, 0.2) is 0 Å². The van der Waals surface area contributed by atoms with Gasteiger partial charge in [-0.25, -0.2) is 8.42 Å². The van der Waals surface area contributed by atoms with Crippen LogP contribution in [0.1, 0.15) is 51.0 Å². The lowest BCUT2D eigenvalue weighted by Gasteiger charge is -2.34. The average molecular weight is 626 g/mol. The van der Waals surface area contributed by atoms with E-state index in [1.54, 1.807) is 36.4 Å². The van der Waals surface area contributed by atoms with Gasteiger partial charge in [0.25, 0.3) is 10.0 Å². The molecule has 0 aromatic heterocycles. The van der Waals surface area contributed by atoms with E-state index in [1.165, 1.54) is 24.1 Å². The normalized spacial score (nSPS) is 14.5. The molecule has 0 saturated heterocycles. The Kier molecular flexibility index (Phi) is 11.5. The van der Waals surface area contributed by atoms with Crippen LogP contribution in [0.25, 0.3) is 0 Å². The fourth-order valence-electron chi connectivity index (χ4n) is 5.45. The highest BCUT2D eigenvalue weighted by Gasteiger charge is 2.34. The first kappa shape index (κ1) is 32.4. The second kappa shape index (κ2) is 15.3. The maximum absolute atomic E-state index is 14.2. The monoisotopic (exact) mass is 625 g/mol. The number of carbonyl (C=O) groups excluding carboxylic acids is 2. The minimum absolute atomic E-state index is 0.00830. The van der Waals surface area contributed by atoms with E-state index < -0.39 is 28.5 Å². The lowest BCUT2D eigenvalue weighted by molar-refractivity contribution is -0.140. The first-order chi connectivity index (χ1) is 20.7. The molecule has 1 N–H and O–H groups in total. The van der Waals surface area contributed by atoms with Crippen LogP contribution >= 0.6 is 11.6 Å². The molecule has 43 heavy (non-hydrogen) atoms. The smallest absolute Gasteiger partial charge is 0.264 e. The Hall–Kier alpha value is -3.56. The molecule has 10 heteroatoms. The van der Waals surface area contributed by atoms with Gasteiger partial charge in [-0.1, -0.05) is 68.1 Å². The second-order valence-corrected chi connectivity index (χ2v) is 13.1. The molecule has 1 saturated carbocycles. The molecule has 0 heterocycles. The van der Waals surface area contributed by atoms with Crippen molar-refractivity contribution in [3.8, 4) is 5.75 Å². The number of rotatable bonds is 13. The number of methoxy groups -OCH3 is 1. The molecule has 4 rings (SSSR count). The molecule has 8 nitrogen and oxygen atoms in total. The fraction of sp³-hybridized carbons (Fsp3) is 0.394. The third-order valence-corrected chi connectivity index (χ3v) is 9.90. The summed E-state index contributed by atoms with van der Waals surface area (Å²) in [7, 11) is -2.68. The number of anilines is 1. The highest BCUT2D eigenvalue weighted by Crippen LogP contribution is 2.27. The average Bonchev–Trinajstić information content (AvgIpc) is 3.03. The van der Waals surface area contributed by atoms with Crippen molar-refractivity contribution in [2.24, 2.45) is 0 Å². The van der Waals surface area contributed by atoms with Crippen LogP contribution in [0.15, 0.2) is 83.8 Å². The zero-order chi connectivity index (χ0) is 30.8. The van der Waals surface area contributed by atoms with Crippen LogP contribution in [0, 0.1) is 0 Å². The Morgan fingerprint density at radius 3 is 2.21 bits per heavy atom. The predicted molar refractivity (Wildman–Crippen MR) is 170 cm³/mol. The number of amides is 2. The number of nitrogens with one attached hydrogen (secondary N) is 1. The molecule has 3 aromatic carbocycles. The molecule has 230 valence electrons. The summed E-state index contributed by atoms with van der Waals surface area (Å²) in [5.41, 5.74) is 1.31. The molecular weight excluding hydrogens is 586 g/mol. The summed E-state index contributed by atoms with van der Waals surface area (Å²) in [4.78, 5) is 29.3. The summed E-state index contributed by atoms with van der Waals surface area (Å²) < 4.78 is 34.3. The third-order valence-electron chi connectivity index (χ3n) is 7.86. The lowest BCUT2D eigenvalue weighted by atomic mass is 9.95. The van der Waals surface area contributed by atoms with Crippen molar-refractivity contribution in [1.29, 1.82) is 0 Å². The molecular formula is C33H40ClN3O5S. The minimum Gasteiger partial charge on any atom is -0.497 e. The standard InChI is InChI=1S/C33H40ClN3O5S/c1-3-31(33(39)35-27-12-8-5-9-13-27)36(23-22-25-10-6-4-7-11-25)32(38)24-37(28-16-14-26(34)15-17-28)43(40,41)30-20-18-29(42-2)19-21-30/h4,6-7,10-11,14-21,27,31H,3,5,8-9,12-13,22-24H2,1-2H3,(H,35,39)/t31-/m0/s1. The molecule has 1 aliphatic rings. The van der Waals surface area contributed by atoms with Crippen molar-refractivity contribution in [1.82, 2.24) is 10.2 Å². The van der Waals surface area contributed by atoms with Gasteiger partial charge in [-0.15, -0.1) is 0 Å². The van der Waals surface area contributed by atoms with E-state index in [9.17, 15) is 18.0 Å². The van der Waals surface area contributed by atoms with Crippen molar-refractivity contribution in [2.75, 3.05) is 24.5 Å². The van der Waals surface area contributed by atoms with Crippen LogP contribution in [0.5, 0.6) is 5.75 Å². The van der Waals surface area contributed by atoms with E-state index in [4.69, 9.17) is 16.3 Å². The van der Waals surface area contributed by atoms with Crippen LogP contribution in [-0.2, 0) is 26.0 Å². The third kappa shape index (κ3) is 8.51. The van der Waals surface area contributed by atoms with E-state index in [2.05, 4.69) is 5.32 Å². The van der Waals surface area contributed by atoms with Crippen LogP contribution < -0.4 is 14.4 Å². The van der Waals surface area contributed by atoms with Crippen LogP contribution in [0.4, 0.5) is 5.69 Å². The molecule has 0 unspecified atom stereocenters. The Morgan fingerprint density at radius 2 is 1.60 bits per heavy atom. The Labute approximate surface area is 260 Å². The van der Waals surface area contributed by atoms with Gasteiger partial charge in [-0.3, -0.25) is 13.9 Å². The molecule has 1 aliphatic carbocycles. The number of hydrogen-bond donors (Lipinski definition) is 1. The molecule has 3 aromatic rings. The van der Waals surface area contributed by atoms with Gasteiger partial charge in [0, 0.05) is 17.6 Å². The van der Waals surface area contributed by atoms with Crippen LogP contribution in [0.2, 0.25) is 5.02 Å². The predicted octanol–water partition coefficient (Wildman–Crippen LogP) is 5.84. The van der Waals surface area contributed by atoms with E-state index in [1.807, 2.05) is 37.3 Å². The maximum atomic E-state index is 14.2. The van der Waals surface area contributed by atoms with Gasteiger partial charge in [0.2, 0.25) is 11.8 Å². The zero-order valence-electron chi connectivity index (χ0n) is 24.7. The van der Waals surface area contributed by atoms with E-state index in [0.29, 0.717) is 23.6 Å². The molecule has 2 amide bonds. The first-order valence-corrected chi connectivity index (χ1v) is 16.6. The van der Waals surface area contributed by atoms with Gasteiger partial charge in [0.1, 0.15) is 18.3 Å². The summed E-state index contributed by atoms with van der Waals surface area (Å²) in [6.45, 7) is 1.65. The van der Waals surface area contributed by atoms with E-state index >= 15 is 0 Å². The molecule has 0 radical (unpaired) electrons. The molecule has 0 spiro atoms. The van der Waals surface area contributed by atoms with E-state index in [0.717, 1.165) is 42.0 Å². The van der Waals surface area contributed by atoms with Crippen molar-refractivity contribution < 1.29 is 22.7 Å². The van der Waals surface area contributed by atoms with Crippen LogP contribution in [-0.4, -0.2) is 57.4 Å². The number of hydrogen-bond acceptors (Lipinski definition) is 5. The number of ether oxygens (including phenoxy) is 1. The quantitative estimate of drug-likeness (QED) is 0.257. The minimum atomic E-state index is -4.18. The fourth-order valence-corrected chi connectivity index (χ4v) is 6.99. The van der Waals surface area contributed by atoms with Crippen molar-refractivity contribution >= 4 is 39.1 Å². The lowest BCUT2D eigenvalue weighted by Crippen LogP contribution is -2.54. The number of nitrogens with zero attached hydrogens (tertiary/aromatic N) is 2. The molecule has 1 atom stereocenters. The van der Waals surface area contributed by atoms with E-state index in [-0.39, 0.29) is 29.1 Å². The van der Waals surface area contributed by atoms with Crippen LogP contribution in [0.3, 0.4) is 0 Å². The highest BCUT2D eigenvalue weighted by molar-refractivity contribution is 7.92. The summed E-state index contributed by atoms with van der Waals surface area (Å²) >= 11 is 6.11. The summed E-state index contributed by atoms with van der Waals surface area (Å²) in [6, 6.07) is 21.4. The van der Waals surface area contributed by atoms with Gasteiger partial charge < -0.3 is 15.0 Å². The van der Waals surface area contributed by atoms with Crippen molar-refractivity contribution in [3.63, 3.8) is 0 Å². The SMILES string of the molecule is CC[C@@H](C(=O)NC1CCCCC1)N(CCc1ccccc1)C(=O)CN(c1ccc(Cl)cc1)S(=O)(=O)c1ccc(OC)cc1. The Morgan fingerprint density at radius 1 is 0.953 bits per heavy atom. The first-order valence-electron chi connectivity index (χ1n) is 14.8. The largest absolute Gasteiger partial charge is 0.497 e. The van der Waals surface area contributed by atoms with Crippen molar-refractivity contribution in [3.05, 3.63) is 89.4 Å². The molecule has 0 aliphatic heterocycles. The molecule has 1 fully saturated rings. The highest BCUT2D eigenvalue weighted by atomic mass is 35.5. The summed E-state index contributed by atoms with van der Waals surface area (Å²) in [5.74, 6) is -0.157. The number of sulfonamides is 1.